The van der Waals surface area contributed by atoms with Gasteiger partial charge in [0.1, 0.15) is 18.1 Å². The van der Waals surface area contributed by atoms with Gasteiger partial charge in [0.25, 0.3) is 0 Å². The number of nitrogens with two attached hydrogens (primary N) is 2. The van der Waals surface area contributed by atoms with Crippen LogP contribution in [-0.4, -0.2) is 75.6 Å². The molecule has 4 unspecified atom stereocenters. The second-order valence-electron chi connectivity index (χ2n) is 10.5. The minimum Gasteiger partial charge on any atom is -0.481 e. The number of rotatable bonds is 18. The molecule has 0 saturated heterocycles. The number of aromatic nitrogens is 1. The minimum absolute atomic E-state index is 0.00724. The molecule has 0 saturated carbocycles. The Morgan fingerprint density at radius 1 is 0.878 bits per heavy atom. The van der Waals surface area contributed by atoms with Crippen LogP contribution in [0.3, 0.4) is 0 Å². The van der Waals surface area contributed by atoms with Crippen molar-refractivity contribution < 1.29 is 34.2 Å². The van der Waals surface area contributed by atoms with E-state index in [2.05, 4.69) is 20.9 Å². The van der Waals surface area contributed by atoms with E-state index in [0.29, 0.717) is 31.4 Å². The Bertz CT molecular complexity index is 1200. The third-order valence-corrected chi connectivity index (χ3v) is 6.64. The zero-order chi connectivity index (χ0) is 30.5. The molecule has 0 bridgehead atoms. The molecule has 0 aliphatic heterocycles. The van der Waals surface area contributed by atoms with Crippen molar-refractivity contribution >= 4 is 40.6 Å². The molecule has 3 amide bonds. The summed E-state index contributed by atoms with van der Waals surface area (Å²) >= 11 is 0. The van der Waals surface area contributed by atoms with Crippen molar-refractivity contribution in [2.24, 2.45) is 17.4 Å². The van der Waals surface area contributed by atoms with E-state index in [9.17, 15) is 29.1 Å². The van der Waals surface area contributed by atoms with Crippen molar-refractivity contribution in [1.82, 2.24) is 20.9 Å². The first-order valence-electron chi connectivity index (χ1n) is 13.8. The van der Waals surface area contributed by atoms with Gasteiger partial charge in [-0.2, -0.15) is 0 Å². The van der Waals surface area contributed by atoms with Crippen LogP contribution < -0.4 is 27.4 Å². The highest BCUT2D eigenvalue weighted by molar-refractivity contribution is 5.95. The SMILES string of the molecule is CC(C)CC(NC(=O)C(N)CCCCN)C(=O)NC(Cc1c[nH]c2ccccc12)C(=O)NC(CCC(=O)O)C(=O)O. The number of aliphatic carboxylic acids is 2. The molecule has 13 heteroatoms. The zero-order valence-corrected chi connectivity index (χ0v) is 23.5. The van der Waals surface area contributed by atoms with Crippen LogP contribution in [0.15, 0.2) is 30.5 Å². The van der Waals surface area contributed by atoms with Gasteiger partial charge in [0.2, 0.25) is 17.7 Å². The van der Waals surface area contributed by atoms with Gasteiger partial charge in [-0.1, -0.05) is 38.5 Å². The van der Waals surface area contributed by atoms with Gasteiger partial charge in [0, 0.05) is 29.9 Å². The van der Waals surface area contributed by atoms with Crippen LogP contribution in [0.1, 0.15) is 57.9 Å². The summed E-state index contributed by atoms with van der Waals surface area (Å²) in [5.74, 6) is -4.52. The molecule has 41 heavy (non-hydrogen) atoms. The number of unbranched alkanes of at least 4 members (excludes halogenated alkanes) is 1. The Balaban J connectivity index is 2.28. The average Bonchev–Trinajstić information content (AvgIpc) is 3.32. The molecule has 1 aromatic carbocycles. The maximum absolute atomic E-state index is 13.5. The summed E-state index contributed by atoms with van der Waals surface area (Å²) in [6.07, 6.45) is 2.94. The molecule has 10 N–H and O–H groups in total. The minimum atomic E-state index is -1.47. The number of hydrogen-bond donors (Lipinski definition) is 8. The second kappa shape index (κ2) is 16.3. The molecule has 0 aliphatic rings. The van der Waals surface area contributed by atoms with Crippen LogP contribution in [0.5, 0.6) is 0 Å². The molecule has 2 aromatic rings. The van der Waals surface area contributed by atoms with Gasteiger partial charge in [0.15, 0.2) is 0 Å². The molecule has 1 aromatic heterocycles. The van der Waals surface area contributed by atoms with E-state index >= 15 is 0 Å². The van der Waals surface area contributed by atoms with Gasteiger partial charge in [-0.25, -0.2) is 4.79 Å². The van der Waals surface area contributed by atoms with Gasteiger partial charge in [0.05, 0.1) is 6.04 Å². The lowest BCUT2D eigenvalue weighted by Gasteiger charge is -2.26. The molecular weight excluding hydrogens is 532 g/mol. The maximum atomic E-state index is 13.5. The standard InChI is InChI=1S/C28H42N6O7/c1-16(2)13-22(33-25(37)19(30)8-5-6-12-29)26(38)34-23(14-17-15-31-20-9-4-3-7-18(17)20)27(39)32-21(28(40)41)10-11-24(35)36/h3-4,7,9,15-16,19,21-23,31H,5-6,8,10-14,29-30H2,1-2H3,(H,32,39)(H,33,37)(H,34,38)(H,35,36)(H,40,41). The van der Waals surface area contributed by atoms with E-state index in [1.54, 1.807) is 6.20 Å². The van der Waals surface area contributed by atoms with Crippen molar-refractivity contribution in [3.8, 4) is 0 Å². The third kappa shape index (κ3) is 10.8. The Morgan fingerprint density at radius 2 is 1.51 bits per heavy atom. The monoisotopic (exact) mass is 574 g/mol. The summed E-state index contributed by atoms with van der Waals surface area (Å²) in [6, 6.07) is 2.84. The fraction of sp³-hybridized carbons (Fsp3) is 0.536. The van der Waals surface area contributed by atoms with Crippen molar-refractivity contribution in [3.63, 3.8) is 0 Å². The summed E-state index contributed by atoms with van der Waals surface area (Å²) in [5, 5.41) is 27.1. The summed E-state index contributed by atoms with van der Waals surface area (Å²) in [5.41, 5.74) is 13.0. The van der Waals surface area contributed by atoms with Crippen LogP contribution in [-0.2, 0) is 30.4 Å². The molecule has 0 radical (unpaired) electrons. The number of nitrogens with one attached hydrogen (secondary N) is 4. The van der Waals surface area contributed by atoms with Crippen molar-refractivity contribution in [2.75, 3.05) is 6.54 Å². The third-order valence-electron chi connectivity index (χ3n) is 6.64. The number of carbonyl (C=O) groups excluding carboxylic acids is 3. The molecule has 4 atom stereocenters. The molecule has 0 spiro atoms. The predicted octanol–water partition coefficient (Wildman–Crippen LogP) is 0.617. The van der Waals surface area contributed by atoms with Crippen molar-refractivity contribution in [2.45, 2.75) is 83.0 Å². The van der Waals surface area contributed by atoms with Crippen molar-refractivity contribution in [1.29, 1.82) is 0 Å². The quantitative estimate of drug-likeness (QED) is 0.116. The predicted molar refractivity (Wildman–Crippen MR) is 153 cm³/mol. The number of benzene rings is 1. The lowest BCUT2D eigenvalue weighted by atomic mass is 10.00. The van der Waals surface area contributed by atoms with Crippen LogP contribution >= 0.6 is 0 Å². The van der Waals surface area contributed by atoms with E-state index in [1.165, 1.54) is 0 Å². The smallest absolute Gasteiger partial charge is 0.326 e. The lowest BCUT2D eigenvalue weighted by Crippen LogP contribution is -2.57. The highest BCUT2D eigenvalue weighted by atomic mass is 16.4. The van der Waals surface area contributed by atoms with Gasteiger partial charge in [-0.15, -0.1) is 0 Å². The molecule has 0 aliphatic carbocycles. The first-order chi connectivity index (χ1) is 19.4. The number of carbonyl (C=O) groups is 5. The maximum Gasteiger partial charge on any atom is 0.326 e. The number of carboxylic acids is 2. The van der Waals surface area contributed by atoms with Crippen LogP contribution in [0.2, 0.25) is 0 Å². The zero-order valence-electron chi connectivity index (χ0n) is 23.5. The first kappa shape index (κ1) is 33.2. The Labute approximate surface area is 238 Å². The molecule has 0 fully saturated rings. The van der Waals surface area contributed by atoms with Gasteiger partial charge >= 0.3 is 11.9 Å². The number of H-pyrrole nitrogens is 1. The second-order valence-corrected chi connectivity index (χ2v) is 10.5. The van der Waals surface area contributed by atoms with Crippen LogP contribution in [0, 0.1) is 5.92 Å². The summed E-state index contributed by atoms with van der Waals surface area (Å²) in [7, 11) is 0. The number of fused-ring (bicyclic) bond motifs is 1. The van der Waals surface area contributed by atoms with E-state index < -0.39 is 60.2 Å². The number of hydrogen-bond acceptors (Lipinski definition) is 7. The number of amides is 3. The average molecular weight is 575 g/mol. The lowest BCUT2D eigenvalue weighted by molar-refractivity contribution is -0.143. The van der Waals surface area contributed by atoms with E-state index in [1.807, 2.05) is 38.1 Å². The normalized spacial score (nSPS) is 14.2. The van der Waals surface area contributed by atoms with E-state index in [0.717, 1.165) is 10.9 Å². The Morgan fingerprint density at radius 3 is 2.15 bits per heavy atom. The Hall–Kier alpha value is -3.97. The fourth-order valence-electron chi connectivity index (χ4n) is 4.42. The molecule has 226 valence electrons. The van der Waals surface area contributed by atoms with Gasteiger partial charge in [-0.3, -0.25) is 19.2 Å². The first-order valence-corrected chi connectivity index (χ1v) is 13.8. The molecule has 1 heterocycles. The van der Waals surface area contributed by atoms with E-state index in [4.69, 9.17) is 16.6 Å². The van der Waals surface area contributed by atoms with Crippen LogP contribution in [0.4, 0.5) is 0 Å². The topological polar surface area (TPSA) is 230 Å². The number of para-hydroxylation sites is 1. The molecule has 13 nitrogen and oxygen atoms in total. The van der Waals surface area contributed by atoms with Crippen molar-refractivity contribution in [3.05, 3.63) is 36.0 Å². The van der Waals surface area contributed by atoms with Crippen LogP contribution in [0.25, 0.3) is 10.9 Å². The largest absolute Gasteiger partial charge is 0.481 e. The molecule has 2 rings (SSSR count). The highest BCUT2D eigenvalue weighted by Crippen LogP contribution is 2.19. The number of aromatic amines is 1. The number of carboxylic acid groups (broad SMARTS) is 2. The summed E-state index contributed by atoms with van der Waals surface area (Å²) in [6.45, 7) is 4.24. The van der Waals surface area contributed by atoms with E-state index in [-0.39, 0.29) is 25.2 Å². The Kier molecular flexibility index (Phi) is 13.2. The van der Waals surface area contributed by atoms with Gasteiger partial charge in [-0.05, 0) is 49.8 Å². The highest BCUT2D eigenvalue weighted by Gasteiger charge is 2.31. The van der Waals surface area contributed by atoms with Gasteiger partial charge < -0.3 is 42.6 Å². The fourth-order valence-corrected chi connectivity index (χ4v) is 4.42. The molecular formula is C28H42N6O7. The summed E-state index contributed by atoms with van der Waals surface area (Å²) < 4.78 is 0. The summed E-state index contributed by atoms with van der Waals surface area (Å²) in [4.78, 5) is 65.4.